The number of rotatable bonds is 4. The van der Waals surface area contributed by atoms with E-state index in [1.54, 1.807) is 17.8 Å². The van der Waals surface area contributed by atoms with E-state index in [4.69, 9.17) is 0 Å². The van der Waals surface area contributed by atoms with Crippen molar-refractivity contribution in [3.8, 4) is 0 Å². The van der Waals surface area contributed by atoms with Crippen LogP contribution >= 0.6 is 29.9 Å². The van der Waals surface area contributed by atoms with Crippen LogP contribution in [0.25, 0.3) is 0 Å². The molecule has 0 fully saturated rings. The number of nitrogens with zero attached hydrogens (tertiary/aromatic N) is 1. The van der Waals surface area contributed by atoms with Crippen molar-refractivity contribution >= 4 is 46.2 Å². The molecule has 3 rings (SSSR count). The molecule has 0 bridgehead atoms. The van der Waals surface area contributed by atoms with Gasteiger partial charge in [-0.2, -0.15) is 0 Å². The Bertz CT molecular complexity index is 843. The molecule has 0 heterocycles. The molecule has 122 valence electrons. The van der Waals surface area contributed by atoms with Crippen LogP contribution in [0.2, 0.25) is 0 Å². The minimum atomic E-state index is -3.07. The Balaban J connectivity index is 2.21. The predicted molar refractivity (Wildman–Crippen MR) is 107 cm³/mol. The lowest BCUT2D eigenvalue weighted by molar-refractivity contribution is 0.585. The van der Waals surface area contributed by atoms with Crippen LogP contribution < -0.4 is 15.3 Å². The Morgan fingerprint density at radius 2 is 1.38 bits per heavy atom. The molecule has 0 unspecified atom stereocenters. The van der Waals surface area contributed by atoms with Crippen molar-refractivity contribution in [1.29, 1.82) is 0 Å². The SMILES string of the molecule is CN(c1ccc(F)cc1I)P(=O)(c1ccccc1)c1ccccc1. The molecular weight excluding hydrogens is 435 g/mol. The van der Waals surface area contributed by atoms with Gasteiger partial charge >= 0.3 is 0 Å². The third-order valence-electron chi connectivity index (χ3n) is 3.89. The fraction of sp³-hybridized carbons (Fsp3) is 0.0526. The van der Waals surface area contributed by atoms with Crippen LogP contribution in [0, 0.1) is 9.39 Å². The molecule has 5 heteroatoms. The second kappa shape index (κ2) is 7.08. The molecular formula is C19H16FINOP. The summed E-state index contributed by atoms with van der Waals surface area (Å²) in [6.45, 7) is 0. The van der Waals surface area contributed by atoms with Crippen LogP contribution in [-0.2, 0) is 4.57 Å². The van der Waals surface area contributed by atoms with Crippen LogP contribution in [0.4, 0.5) is 10.1 Å². The molecule has 3 aromatic rings. The largest absolute Gasteiger partial charge is 0.318 e. The van der Waals surface area contributed by atoms with Crippen molar-refractivity contribution in [3.63, 3.8) is 0 Å². The van der Waals surface area contributed by atoms with Crippen LogP contribution in [0.1, 0.15) is 0 Å². The van der Waals surface area contributed by atoms with E-state index in [-0.39, 0.29) is 5.82 Å². The molecule has 0 aromatic heterocycles. The van der Waals surface area contributed by atoms with Gasteiger partial charge in [0.05, 0.1) is 5.69 Å². The predicted octanol–water partition coefficient (Wildman–Crippen LogP) is 4.80. The smallest absolute Gasteiger partial charge is 0.229 e. The van der Waals surface area contributed by atoms with E-state index < -0.39 is 7.29 Å². The van der Waals surface area contributed by atoms with Gasteiger partial charge in [0.25, 0.3) is 0 Å². The molecule has 2 nitrogen and oxygen atoms in total. The van der Waals surface area contributed by atoms with E-state index in [9.17, 15) is 8.96 Å². The van der Waals surface area contributed by atoms with E-state index >= 15 is 0 Å². The lowest BCUT2D eigenvalue weighted by Crippen LogP contribution is -2.29. The maximum Gasteiger partial charge on any atom is 0.229 e. The van der Waals surface area contributed by atoms with Gasteiger partial charge in [0.1, 0.15) is 5.82 Å². The fourth-order valence-corrected chi connectivity index (χ4v) is 6.30. The average Bonchev–Trinajstić information content (AvgIpc) is 2.62. The number of benzene rings is 3. The third kappa shape index (κ3) is 3.13. The highest BCUT2D eigenvalue weighted by molar-refractivity contribution is 14.1. The van der Waals surface area contributed by atoms with Gasteiger partial charge in [-0.15, -0.1) is 0 Å². The maximum atomic E-state index is 14.2. The number of hydrogen-bond donors (Lipinski definition) is 0. The summed E-state index contributed by atoms with van der Waals surface area (Å²) in [5.74, 6) is -0.300. The molecule has 0 spiro atoms. The van der Waals surface area contributed by atoms with E-state index in [1.165, 1.54) is 12.1 Å². The van der Waals surface area contributed by atoms with Crippen molar-refractivity contribution in [2.45, 2.75) is 0 Å². The normalized spacial score (nSPS) is 11.3. The first kappa shape index (κ1) is 17.2. The summed E-state index contributed by atoms with van der Waals surface area (Å²) in [6, 6.07) is 23.4. The molecule has 0 N–H and O–H groups in total. The Hall–Kier alpha value is -1.65. The maximum absolute atomic E-state index is 14.2. The monoisotopic (exact) mass is 451 g/mol. The average molecular weight is 451 g/mol. The Labute approximate surface area is 154 Å². The van der Waals surface area contributed by atoms with Gasteiger partial charge in [-0.1, -0.05) is 36.4 Å². The molecule has 0 atom stereocenters. The van der Waals surface area contributed by atoms with Crippen molar-refractivity contribution in [3.05, 3.63) is 88.3 Å². The van der Waals surface area contributed by atoms with E-state index in [2.05, 4.69) is 22.6 Å². The number of anilines is 1. The van der Waals surface area contributed by atoms with Crippen molar-refractivity contribution < 1.29 is 8.96 Å². The van der Waals surface area contributed by atoms with Crippen molar-refractivity contribution in [2.75, 3.05) is 11.7 Å². The van der Waals surface area contributed by atoms with Gasteiger partial charge < -0.3 is 4.67 Å². The molecule has 0 amide bonds. The number of hydrogen-bond acceptors (Lipinski definition) is 1. The minimum Gasteiger partial charge on any atom is -0.318 e. The molecule has 0 radical (unpaired) electrons. The fourth-order valence-electron chi connectivity index (χ4n) is 2.65. The second-order valence-corrected chi connectivity index (χ2v) is 9.31. The number of halogens is 2. The molecule has 0 saturated carbocycles. The lowest BCUT2D eigenvalue weighted by Gasteiger charge is -2.31. The third-order valence-corrected chi connectivity index (χ3v) is 7.81. The molecule has 0 aliphatic heterocycles. The molecule has 24 heavy (non-hydrogen) atoms. The lowest BCUT2D eigenvalue weighted by atomic mass is 10.3. The van der Waals surface area contributed by atoms with Crippen LogP contribution in [0.15, 0.2) is 78.9 Å². The van der Waals surface area contributed by atoms with Crippen LogP contribution in [-0.4, -0.2) is 7.05 Å². The first-order chi connectivity index (χ1) is 11.5. The summed E-state index contributed by atoms with van der Waals surface area (Å²) in [4.78, 5) is 0. The summed E-state index contributed by atoms with van der Waals surface area (Å²) >= 11 is 2.08. The van der Waals surface area contributed by atoms with Crippen LogP contribution in [0.3, 0.4) is 0 Å². The van der Waals surface area contributed by atoms with Crippen molar-refractivity contribution in [2.24, 2.45) is 0 Å². The second-order valence-electron chi connectivity index (χ2n) is 5.37. The van der Waals surface area contributed by atoms with Gasteiger partial charge in [0, 0.05) is 21.2 Å². The molecule has 0 aliphatic rings. The van der Waals surface area contributed by atoms with E-state index in [0.717, 1.165) is 19.9 Å². The minimum absolute atomic E-state index is 0.300. The van der Waals surface area contributed by atoms with Crippen molar-refractivity contribution in [1.82, 2.24) is 0 Å². The zero-order valence-electron chi connectivity index (χ0n) is 13.1. The van der Waals surface area contributed by atoms with Crippen LogP contribution in [0.5, 0.6) is 0 Å². The summed E-state index contributed by atoms with van der Waals surface area (Å²) < 4.78 is 30.1. The zero-order chi connectivity index (χ0) is 17.2. The first-order valence-electron chi connectivity index (χ1n) is 7.44. The summed E-state index contributed by atoms with van der Waals surface area (Å²) in [5.41, 5.74) is 0.744. The van der Waals surface area contributed by atoms with Gasteiger partial charge in [-0.3, -0.25) is 4.57 Å². The van der Waals surface area contributed by atoms with Gasteiger partial charge in [0.15, 0.2) is 0 Å². The molecule has 0 aliphatic carbocycles. The summed E-state index contributed by atoms with van der Waals surface area (Å²) in [7, 11) is -1.27. The molecule has 0 saturated heterocycles. The first-order valence-corrected chi connectivity index (χ1v) is 10.2. The Kier molecular flexibility index (Phi) is 5.07. The summed E-state index contributed by atoms with van der Waals surface area (Å²) in [6.07, 6.45) is 0. The highest BCUT2D eigenvalue weighted by Crippen LogP contribution is 2.49. The zero-order valence-corrected chi connectivity index (χ0v) is 16.1. The summed E-state index contributed by atoms with van der Waals surface area (Å²) in [5, 5.41) is 1.50. The van der Waals surface area contributed by atoms with Gasteiger partial charge in [-0.25, -0.2) is 4.39 Å². The highest BCUT2D eigenvalue weighted by atomic mass is 127. The standard InChI is InChI=1S/C19H16FINOP/c1-22(19-13-12-15(20)14-18(19)21)24(23,16-8-4-2-5-9-16)17-10-6-3-7-11-17/h2-14H,1H3. The van der Waals surface area contributed by atoms with E-state index in [1.807, 2.05) is 60.7 Å². The topological polar surface area (TPSA) is 20.3 Å². The molecule has 3 aromatic carbocycles. The Morgan fingerprint density at radius 1 is 0.875 bits per heavy atom. The van der Waals surface area contributed by atoms with Gasteiger partial charge in [-0.05, 0) is 65.1 Å². The quantitative estimate of drug-likeness (QED) is 0.420. The Morgan fingerprint density at radius 3 is 1.83 bits per heavy atom. The van der Waals surface area contributed by atoms with Gasteiger partial charge in [0.2, 0.25) is 7.29 Å². The van der Waals surface area contributed by atoms with E-state index in [0.29, 0.717) is 0 Å². The highest BCUT2D eigenvalue weighted by Gasteiger charge is 2.33.